The van der Waals surface area contributed by atoms with E-state index in [0.717, 1.165) is 13.0 Å². The van der Waals surface area contributed by atoms with E-state index in [2.05, 4.69) is 25.9 Å². The van der Waals surface area contributed by atoms with Crippen molar-refractivity contribution in [3.8, 4) is 0 Å². The summed E-state index contributed by atoms with van der Waals surface area (Å²) in [4.78, 5) is 2.33. The molecule has 0 bridgehead atoms. The fraction of sp³-hybridized carbons (Fsp3) is 1.00. The fourth-order valence-corrected chi connectivity index (χ4v) is 2.37. The lowest BCUT2D eigenvalue weighted by atomic mass is 10.0. The van der Waals surface area contributed by atoms with Crippen LogP contribution in [-0.4, -0.2) is 31.6 Å². The van der Waals surface area contributed by atoms with E-state index in [-0.39, 0.29) is 0 Å². The van der Waals surface area contributed by atoms with Crippen molar-refractivity contribution in [2.45, 2.75) is 77.2 Å². The summed E-state index contributed by atoms with van der Waals surface area (Å²) in [5, 5.41) is 0. The van der Waals surface area contributed by atoms with Gasteiger partial charge >= 0.3 is 0 Å². The lowest BCUT2D eigenvalue weighted by molar-refractivity contribution is 0.260. The summed E-state index contributed by atoms with van der Waals surface area (Å²) < 4.78 is 0. The molecule has 0 fully saturated rings. The van der Waals surface area contributed by atoms with E-state index >= 15 is 0 Å². The molecule has 0 saturated carbocycles. The molecule has 104 valence electrons. The third kappa shape index (κ3) is 10.8. The Labute approximate surface area is 109 Å². The van der Waals surface area contributed by atoms with Gasteiger partial charge in [0, 0.05) is 6.04 Å². The molecule has 0 amide bonds. The summed E-state index contributed by atoms with van der Waals surface area (Å²) in [5.41, 5.74) is 5.64. The van der Waals surface area contributed by atoms with Gasteiger partial charge in [-0.2, -0.15) is 0 Å². The summed E-state index contributed by atoms with van der Waals surface area (Å²) >= 11 is 0. The number of nitrogens with two attached hydrogens (primary N) is 1. The van der Waals surface area contributed by atoms with Crippen LogP contribution in [0.4, 0.5) is 0 Å². The normalized spacial score (nSPS) is 13.2. The number of unbranched alkanes of at least 4 members (excludes halogenated alkanes) is 7. The maximum absolute atomic E-state index is 5.64. The molecule has 1 atom stereocenters. The fourth-order valence-electron chi connectivity index (χ4n) is 2.37. The molecule has 0 saturated heterocycles. The van der Waals surface area contributed by atoms with Crippen LogP contribution < -0.4 is 5.73 Å². The second kappa shape index (κ2) is 12.4. The highest BCUT2D eigenvalue weighted by Gasteiger charge is 2.09. The smallest absolute Gasteiger partial charge is 0.0101 e. The number of hydrogen-bond acceptors (Lipinski definition) is 2. The molecular formula is C15H34N2. The van der Waals surface area contributed by atoms with Crippen molar-refractivity contribution >= 4 is 0 Å². The lowest BCUT2D eigenvalue weighted by Crippen LogP contribution is -2.30. The van der Waals surface area contributed by atoms with Crippen LogP contribution >= 0.6 is 0 Å². The Bertz CT molecular complexity index is 146. The lowest BCUT2D eigenvalue weighted by Gasteiger charge is -2.23. The van der Waals surface area contributed by atoms with Crippen molar-refractivity contribution in [3.05, 3.63) is 0 Å². The van der Waals surface area contributed by atoms with Crippen LogP contribution in [0.25, 0.3) is 0 Å². The van der Waals surface area contributed by atoms with Gasteiger partial charge in [0.15, 0.2) is 0 Å². The van der Waals surface area contributed by atoms with Gasteiger partial charge < -0.3 is 10.6 Å². The Morgan fingerprint density at radius 2 is 1.35 bits per heavy atom. The van der Waals surface area contributed by atoms with Gasteiger partial charge in [-0.25, -0.2) is 0 Å². The molecule has 17 heavy (non-hydrogen) atoms. The minimum atomic E-state index is 0.695. The number of rotatable bonds is 12. The number of nitrogens with zero attached hydrogens (tertiary/aromatic N) is 1. The molecule has 0 aliphatic heterocycles. The second-order valence-corrected chi connectivity index (χ2v) is 5.46. The predicted molar refractivity (Wildman–Crippen MR) is 78.4 cm³/mol. The van der Waals surface area contributed by atoms with Gasteiger partial charge in [-0.15, -0.1) is 0 Å². The first-order valence-electron chi connectivity index (χ1n) is 7.58. The van der Waals surface area contributed by atoms with Gasteiger partial charge in [-0.05, 0) is 33.5 Å². The van der Waals surface area contributed by atoms with Gasteiger partial charge in [0.25, 0.3) is 0 Å². The van der Waals surface area contributed by atoms with E-state index in [1.807, 2.05) is 0 Å². The van der Waals surface area contributed by atoms with E-state index in [1.54, 1.807) is 0 Å². The zero-order chi connectivity index (χ0) is 12.9. The summed E-state index contributed by atoms with van der Waals surface area (Å²) in [7, 11) is 4.34. The van der Waals surface area contributed by atoms with Gasteiger partial charge in [-0.1, -0.05) is 58.3 Å². The van der Waals surface area contributed by atoms with E-state index in [4.69, 9.17) is 5.73 Å². The van der Waals surface area contributed by atoms with Crippen molar-refractivity contribution in [1.29, 1.82) is 0 Å². The van der Waals surface area contributed by atoms with Gasteiger partial charge in [0.2, 0.25) is 0 Å². The SMILES string of the molecule is CCCCCCCCCCC(CCN)N(C)C. The van der Waals surface area contributed by atoms with Crippen LogP contribution in [0, 0.1) is 0 Å². The van der Waals surface area contributed by atoms with Crippen molar-refractivity contribution in [2.75, 3.05) is 20.6 Å². The Morgan fingerprint density at radius 1 is 0.824 bits per heavy atom. The average molecular weight is 242 g/mol. The molecule has 0 aliphatic carbocycles. The Hall–Kier alpha value is -0.0800. The van der Waals surface area contributed by atoms with Crippen LogP contribution in [-0.2, 0) is 0 Å². The molecular weight excluding hydrogens is 208 g/mol. The molecule has 0 spiro atoms. The van der Waals surface area contributed by atoms with Crippen LogP contribution in [0.15, 0.2) is 0 Å². The molecule has 0 aromatic rings. The zero-order valence-electron chi connectivity index (χ0n) is 12.4. The quantitative estimate of drug-likeness (QED) is 0.528. The van der Waals surface area contributed by atoms with Crippen LogP contribution in [0.5, 0.6) is 0 Å². The Balaban J connectivity index is 3.30. The molecule has 0 aromatic carbocycles. The third-order valence-corrected chi connectivity index (χ3v) is 3.62. The minimum absolute atomic E-state index is 0.695. The highest BCUT2D eigenvalue weighted by atomic mass is 15.1. The van der Waals surface area contributed by atoms with E-state index in [1.165, 1.54) is 57.8 Å². The topological polar surface area (TPSA) is 29.3 Å². The van der Waals surface area contributed by atoms with E-state index in [0.29, 0.717) is 6.04 Å². The first-order chi connectivity index (χ1) is 8.22. The van der Waals surface area contributed by atoms with Crippen molar-refractivity contribution in [3.63, 3.8) is 0 Å². The molecule has 0 rings (SSSR count). The zero-order valence-corrected chi connectivity index (χ0v) is 12.4. The first-order valence-corrected chi connectivity index (χ1v) is 7.58. The highest BCUT2D eigenvalue weighted by Crippen LogP contribution is 2.13. The van der Waals surface area contributed by atoms with Crippen LogP contribution in [0.1, 0.15) is 71.1 Å². The first kappa shape index (κ1) is 16.9. The molecule has 2 N–H and O–H groups in total. The predicted octanol–water partition coefficient (Wildman–Crippen LogP) is 3.80. The summed E-state index contributed by atoms with van der Waals surface area (Å²) in [6.07, 6.45) is 13.7. The Kier molecular flexibility index (Phi) is 12.3. The summed E-state index contributed by atoms with van der Waals surface area (Å²) in [5.74, 6) is 0. The summed E-state index contributed by atoms with van der Waals surface area (Å²) in [6.45, 7) is 3.10. The highest BCUT2D eigenvalue weighted by molar-refractivity contribution is 4.66. The van der Waals surface area contributed by atoms with E-state index < -0.39 is 0 Å². The van der Waals surface area contributed by atoms with Gasteiger partial charge in [-0.3, -0.25) is 0 Å². The number of hydrogen-bond donors (Lipinski definition) is 1. The van der Waals surface area contributed by atoms with Gasteiger partial charge in [0.1, 0.15) is 0 Å². The maximum Gasteiger partial charge on any atom is 0.0101 e. The average Bonchev–Trinajstić information content (AvgIpc) is 2.31. The maximum atomic E-state index is 5.64. The molecule has 0 heterocycles. The molecule has 0 aliphatic rings. The van der Waals surface area contributed by atoms with Crippen molar-refractivity contribution < 1.29 is 0 Å². The van der Waals surface area contributed by atoms with Crippen molar-refractivity contribution in [1.82, 2.24) is 4.90 Å². The standard InChI is InChI=1S/C15H34N2/c1-4-5-6-7-8-9-10-11-12-15(13-14-16)17(2)3/h15H,4-14,16H2,1-3H3. The second-order valence-electron chi connectivity index (χ2n) is 5.46. The molecule has 2 heteroatoms. The molecule has 0 radical (unpaired) electrons. The molecule has 2 nitrogen and oxygen atoms in total. The summed E-state index contributed by atoms with van der Waals surface area (Å²) in [6, 6.07) is 0.695. The van der Waals surface area contributed by atoms with Crippen LogP contribution in [0.3, 0.4) is 0 Å². The minimum Gasteiger partial charge on any atom is -0.330 e. The molecule has 1 unspecified atom stereocenters. The van der Waals surface area contributed by atoms with Crippen LogP contribution in [0.2, 0.25) is 0 Å². The van der Waals surface area contributed by atoms with Gasteiger partial charge in [0.05, 0.1) is 0 Å². The Morgan fingerprint density at radius 3 is 1.82 bits per heavy atom. The largest absolute Gasteiger partial charge is 0.330 e. The van der Waals surface area contributed by atoms with E-state index in [9.17, 15) is 0 Å². The van der Waals surface area contributed by atoms with Crippen molar-refractivity contribution in [2.24, 2.45) is 5.73 Å². The third-order valence-electron chi connectivity index (χ3n) is 3.62. The molecule has 0 aromatic heterocycles. The monoisotopic (exact) mass is 242 g/mol.